The molecule has 134 valence electrons. The Morgan fingerprint density at radius 2 is 1.77 bits per heavy atom. The number of nitrogens with zero attached hydrogens (tertiary/aromatic N) is 2. The Morgan fingerprint density at radius 1 is 1.08 bits per heavy atom. The first-order chi connectivity index (χ1) is 12.6. The number of likely N-dealkylation sites (tertiary alicyclic amines) is 1. The van der Waals surface area contributed by atoms with Gasteiger partial charge in [0.15, 0.2) is 0 Å². The van der Waals surface area contributed by atoms with Gasteiger partial charge in [0, 0.05) is 28.4 Å². The molecule has 1 aromatic heterocycles. The van der Waals surface area contributed by atoms with Gasteiger partial charge in [0.05, 0.1) is 11.0 Å². The fourth-order valence-corrected chi connectivity index (χ4v) is 3.86. The molecule has 2 aromatic carbocycles. The molecule has 0 radical (unpaired) electrons. The Hall–Kier alpha value is -2.29. The van der Waals surface area contributed by atoms with Gasteiger partial charge < -0.3 is 15.2 Å². The van der Waals surface area contributed by atoms with Crippen LogP contribution in [0, 0.1) is 3.57 Å². The Labute approximate surface area is 164 Å². The average Bonchev–Trinajstić information content (AvgIpc) is 2.99. The number of amides is 2. The fourth-order valence-electron chi connectivity index (χ4n) is 3.50. The van der Waals surface area contributed by atoms with E-state index < -0.39 is 0 Å². The second-order valence-corrected chi connectivity index (χ2v) is 7.72. The summed E-state index contributed by atoms with van der Waals surface area (Å²) >= 11 is 2.24. The lowest BCUT2D eigenvalue weighted by atomic mass is 10.0. The third-order valence-electron chi connectivity index (χ3n) is 4.84. The summed E-state index contributed by atoms with van der Waals surface area (Å²) in [6, 6.07) is 15.5. The molecule has 0 spiro atoms. The Kier molecular flexibility index (Phi) is 4.71. The average molecular weight is 462 g/mol. The topological polar surface area (TPSA) is 70.1 Å². The van der Waals surface area contributed by atoms with E-state index in [0.717, 1.165) is 33.1 Å². The van der Waals surface area contributed by atoms with E-state index in [1.54, 1.807) is 0 Å². The maximum absolute atomic E-state index is 12.5. The zero-order valence-corrected chi connectivity index (χ0v) is 16.3. The van der Waals surface area contributed by atoms with Crippen molar-refractivity contribution in [1.29, 1.82) is 0 Å². The van der Waals surface area contributed by atoms with Crippen LogP contribution in [0.3, 0.4) is 0 Å². The number of imidazole rings is 1. The number of H-pyrrole nitrogens is 1. The normalized spacial score (nSPS) is 15.3. The van der Waals surface area contributed by atoms with Gasteiger partial charge in [-0.1, -0.05) is 12.1 Å². The molecule has 0 saturated carbocycles. The summed E-state index contributed by atoms with van der Waals surface area (Å²) in [7, 11) is 0. The molecule has 1 saturated heterocycles. The zero-order chi connectivity index (χ0) is 18.1. The number of fused-ring (bicyclic) bond motifs is 1. The molecule has 1 aliphatic rings. The van der Waals surface area contributed by atoms with Crippen LogP contribution in [0.15, 0.2) is 53.3 Å². The van der Waals surface area contributed by atoms with E-state index in [2.05, 4.69) is 32.9 Å². The third kappa shape index (κ3) is 3.35. The predicted molar refractivity (Wildman–Crippen MR) is 111 cm³/mol. The minimum Gasteiger partial charge on any atom is -0.324 e. The highest BCUT2D eigenvalue weighted by Crippen LogP contribution is 2.25. The minimum atomic E-state index is -0.0871. The molecule has 6 nitrogen and oxygen atoms in total. The van der Waals surface area contributed by atoms with Crippen molar-refractivity contribution in [1.82, 2.24) is 14.5 Å². The van der Waals surface area contributed by atoms with Crippen LogP contribution in [-0.2, 0) is 0 Å². The van der Waals surface area contributed by atoms with E-state index in [0.29, 0.717) is 13.1 Å². The number of carbonyl (C=O) groups excluding carboxylic acids is 1. The van der Waals surface area contributed by atoms with Gasteiger partial charge in [0.25, 0.3) is 0 Å². The van der Waals surface area contributed by atoms with Crippen molar-refractivity contribution in [3.05, 3.63) is 62.6 Å². The number of carbonyl (C=O) groups is 1. The van der Waals surface area contributed by atoms with Gasteiger partial charge in [-0.2, -0.15) is 0 Å². The highest BCUT2D eigenvalue weighted by atomic mass is 127. The lowest BCUT2D eigenvalue weighted by molar-refractivity contribution is 0.184. The first-order valence-electron chi connectivity index (χ1n) is 8.62. The number of hydrogen-bond donors (Lipinski definition) is 2. The second-order valence-electron chi connectivity index (χ2n) is 6.47. The van der Waals surface area contributed by atoms with Gasteiger partial charge in [-0.15, -0.1) is 0 Å². The van der Waals surface area contributed by atoms with Crippen molar-refractivity contribution >= 4 is 45.3 Å². The molecule has 1 aliphatic heterocycles. The number of benzene rings is 2. The van der Waals surface area contributed by atoms with Gasteiger partial charge in [-0.3, -0.25) is 4.57 Å². The lowest BCUT2D eigenvalue weighted by Crippen LogP contribution is -2.42. The smallest absolute Gasteiger partial charge is 0.324 e. The fraction of sp³-hybridized carbons (Fsp3) is 0.263. The van der Waals surface area contributed by atoms with Crippen molar-refractivity contribution in [2.45, 2.75) is 18.9 Å². The molecule has 1 fully saturated rings. The number of aromatic amines is 1. The van der Waals surface area contributed by atoms with Crippen LogP contribution in [0.5, 0.6) is 0 Å². The van der Waals surface area contributed by atoms with Crippen LogP contribution in [0.1, 0.15) is 18.9 Å². The van der Waals surface area contributed by atoms with Crippen LogP contribution in [0.2, 0.25) is 0 Å². The van der Waals surface area contributed by atoms with Gasteiger partial charge in [-0.25, -0.2) is 9.59 Å². The number of rotatable bonds is 2. The highest BCUT2D eigenvalue weighted by Gasteiger charge is 2.26. The quantitative estimate of drug-likeness (QED) is 0.569. The molecule has 0 aliphatic carbocycles. The zero-order valence-electron chi connectivity index (χ0n) is 14.1. The molecule has 3 aromatic rings. The maximum atomic E-state index is 12.5. The number of hydrogen-bond acceptors (Lipinski definition) is 2. The number of anilines is 1. The summed E-state index contributed by atoms with van der Waals surface area (Å²) in [6.07, 6.45) is 1.53. The molecule has 0 bridgehead atoms. The van der Waals surface area contributed by atoms with Crippen LogP contribution >= 0.6 is 22.6 Å². The predicted octanol–water partition coefficient (Wildman–Crippen LogP) is 3.80. The highest BCUT2D eigenvalue weighted by molar-refractivity contribution is 14.1. The summed E-state index contributed by atoms with van der Waals surface area (Å²) in [4.78, 5) is 29.5. The lowest BCUT2D eigenvalue weighted by Gasteiger charge is -2.32. The van der Waals surface area contributed by atoms with E-state index in [1.807, 2.05) is 58.0 Å². The molecule has 2 amide bonds. The largest absolute Gasteiger partial charge is 0.326 e. The number of aromatic nitrogens is 2. The van der Waals surface area contributed by atoms with Gasteiger partial charge >= 0.3 is 11.7 Å². The summed E-state index contributed by atoms with van der Waals surface area (Å²) in [6.45, 7) is 1.26. The van der Waals surface area contributed by atoms with Crippen LogP contribution in [0.25, 0.3) is 11.0 Å². The molecular formula is C19H19IN4O2. The summed E-state index contributed by atoms with van der Waals surface area (Å²) < 4.78 is 2.97. The van der Waals surface area contributed by atoms with Gasteiger partial charge in [0.2, 0.25) is 0 Å². The Balaban J connectivity index is 1.43. The standard InChI is InChI=1S/C19H19IN4O2/c20-13-5-7-14(8-6-13)21-18(25)23-11-9-15(10-12-23)24-17-4-2-1-3-16(17)22-19(24)26/h1-8,15H,9-12H2,(H,21,25)(H,22,26). The molecule has 0 atom stereocenters. The van der Waals surface area contributed by atoms with Crippen LogP contribution in [-0.4, -0.2) is 33.6 Å². The summed E-state index contributed by atoms with van der Waals surface area (Å²) in [5.41, 5.74) is 2.51. The molecule has 7 heteroatoms. The van der Waals surface area contributed by atoms with Crippen LogP contribution in [0.4, 0.5) is 10.5 Å². The summed E-state index contributed by atoms with van der Waals surface area (Å²) in [5, 5.41) is 2.94. The van der Waals surface area contributed by atoms with Crippen molar-refractivity contribution in [3.8, 4) is 0 Å². The molecule has 2 heterocycles. The molecule has 0 unspecified atom stereocenters. The number of nitrogens with one attached hydrogen (secondary N) is 2. The Morgan fingerprint density at radius 3 is 2.50 bits per heavy atom. The molecule has 26 heavy (non-hydrogen) atoms. The number of urea groups is 1. The van der Waals surface area contributed by atoms with Gasteiger partial charge in [0.1, 0.15) is 0 Å². The molecule has 4 rings (SSSR count). The van der Waals surface area contributed by atoms with Crippen molar-refractivity contribution in [2.24, 2.45) is 0 Å². The first kappa shape index (κ1) is 17.1. The number of para-hydroxylation sites is 2. The minimum absolute atomic E-state index is 0.0759. The van der Waals surface area contributed by atoms with Crippen molar-refractivity contribution in [2.75, 3.05) is 18.4 Å². The van der Waals surface area contributed by atoms with E-state index >= 15 is 0 Å². The number of piperidine rings is 1. The SMILES string of the molecule is O=C(Nc1ccc(I)cc1)N1CCC(n2c(=O)[nH]c3ccccc32)CC1. The van der Waals surface area contributed by atoms with E-state index in [4.69, 9.17) is 0 Å². The molecular weight excluding hydrogens is 443 g/mol. The second kappa shape index (κ2) is 7.14. The summed E-state index contributed by atoms with van der Waals surface area (Å²) in [5.74, 6) is 0. The van der Waals surface area contributed by atoms with E-state index in [1.165, 1.54) is 0 Å². The Bertz CT molecular complexity index is 985. The third-order valence-corrected chi connectivity index (χ3v) is 5.56. The van der Waals surface area contributed by atoms with Crippen LogP contribution < -0.4 is 11.0 Å². The number of halogens is 1. The molecule has 2 N–H and O–H groups in total. The van der Waals surface area contributed by atoms with E-state index in [-0.39, 0.29) is 17.8 Å². The van der Waals surface area contributed by atoms with E-state index in [9.17, 15) is 9.59 Å². The van der Waals surface area contributed by atoms with Crippen molar-refractivity contribution < 1.29 is 4.79 Å². The first-order valence-corrected chi connectivity index (χ1v) is 9.70. The van der Waals surface area contributed by atoms with Gasteiger partial charge in [-0.05, 0) is 71.8 Å². The van der Waals surface area contributed by atoms with Crippen molar-refractivity contribution in [3.63, 3.8) is 0 Å². The maximum Gasteiger partial charge on any atom is 0.326 e. The monoisotopic (exact) mass is 462 g/mol.